The molecule has 0 aliphatic carbocycles. The van der Waals surface area contributed by atoms with Crippen LogP contribution in [0.4, 0.5) is 0 Å². The first-order valence-corrected chi connectivity index (χ1v) is 6.31. The lowest BCUT2D eigenvalue weighted by Crippen LogP contribution is -2.26. The minimum Gasteiger partial charge on any atom is -0.374 e. The van der Waals surface area contributed by atoms with Gasteiger partial charge in [0.2, 0.25) is 0 Å². The molecule has 1 aromatic rings. The van der Waals surface area contributed by atoms with Crippen molar-refractivity contribution in [2.24, 2.45) is 0 Å². The van der Waals surface area contributed by atoms with Crippen molar-refractivity contribution >= 4 is 11.3 Å². The van der Waals surface area contributed by atoms with Crippen LogP contribution in [-0.4, -0.2) is 24.2 Å². The number of hydrogen-bond acceptors (Lipinski definition) is 4. The molecule has 1 aromatic heterocycles. The zero-order valence-corrected chi connectivity index (χ0v) is 10.2. The molecular weight excluding hydrogens is 208 g/mol. The summed E-state index contributed by atoms with van der Waals surface area (Å²) in [5.74, 6) is 0. The summed E-state index contributed by atoms with van der Waals surface area (Å²) >= 11 is 1.74. The van der Waals surface area contributed by atoms with Crippen LogP contribution in [0.2, 0.25) is 0 Å². The Bertz CT molecular complexity index is 318. The number of thiazole rings is 1. The first-order chi connectivity index (χ1) is 7.25. The third-order valence-corrected chi connectivity index (χ3v) is 3.76. The molecule has 0 amide bonds. The Morgan fingerprint density at radius 2 is 2.40 bits per heavy atom. The van der Waals surface area contributed by atoms with E-state index >= 15 is 0 Å². The van der Waals surface area contributed by atoms with Gasteiger partial charge in [0, 0.05) is 6.04 Å². The summed E-state index contributed by atoms with van der Waals surface area (Å²) in [5.41, 5.74) is 1.12. The Morgan fingerprint density at radius 3 is 3.00 bits per heavy atom. The molecular formula is C11H18N2OS. The molecule has 0 bridgehead atoms. The van der Waals surface area contributed by atoms with Gasteiger partial charge in [-0.2, -0.15) is 0 Å². The number of nitrogens with zero attached hydrogens (tertiary/aromatic N) is 1. The van der Waals surface area contributed by atoms with Gasteiger partial charge >= 0.3 is 0 Å². The topological polar surface area (TPSA) is 34.1 Å². The lowest BCUT2D eigenvalue weighted by molar-refractivity contribution is 0.105. The smallest absolute Gasteiger partial charge is 0.0900 e. The Labute approximate surface area is 94.9 Å². The van der Waals surface area contributed by atoms with E-state index < -0.39 is 0 Å². The maximum absolute atomic E-state index is 5.71. The molecule has 2 rings (SSSR count). The van der Waals surface area contributed by atoms with Crippen molar-refractivity contribution in [2.45, 2.75) is 39.3 Å². The summed E-state index contributed by atoms with van der Waals surface area (Å²) in [6.07, 6.45) is 2.54. The minimum absolute atomic E-state index is 0.569. The van der Waals surface area contributed by atoms with E-state index in [2.05, 4.69) is 17.2 Å². The van der Waals surface area contributed by atoms with Crippen LogP contribution < -0.4 is 5.32 Å². The van der Waals surface area contributed by atoms with E-state index in [0.717, 1.165) is 30.5 Å². The second-order valence-corrected chi connectivity index (χ2v) is 5.34. The predicted molar refractivity (Wildman–Crippen MR) is 62.3 cm³/mol. The van der Waals surface area contributed by atoms with Gasteiger partial charge in [0.05, 0.1) is 28.8 Å². The molecule has 84 valence electrons. The van der Waals surface area contributed by atoms with E-state index in [1.165, 1.54) is 17.7 Å². The first-order valence-electron chi connectivity index (χ1n) is 5.50. The van der Waals surface area contributed by atoms with Crippen molar-refractivity contribution in [1.29, 1.82) is 0 Å². The third kappa shape index (κ3) is 3.00. The van der Waals surface area contributed by atoms with Gasteiger partial charge in [-0.05, 0) is 33.2 Å². The predicted octanol–water partition coefficient (Wildman–Crippen LogP) is 2.03. The van der Waals surface area contributed by atoms with E-state index in [0.29, 0.717) is 6.04 Å². The zero-order valence-electron chi connectivity index (χ0n) is 9.38. The summed E-state index contributed by atoms with van der Waals surface area (Å²) in [4.78, 5) is 5.65. The van der Waals surface area contributed by atoms with Crippen LogP contribution in [0.15, 0.2) is 0 Å². The van der Waals surface area contributed by atoms with Gasteiger partial charge < -0.3 is 10.1 Å². The highest BCUT2D eigenvalue weighted by molar-refractivity contribution is 7.11. The Kier molecular flexibility index (Phi) is 3.72. The van der Waals surface area contributed by atoms with Crippen LogP contribution in [0.25, 0.3) is 0 Å². The van der Waals surface area contributed by atoms with Crippen LogP contribution >= 0.6 is 11.3 Å². The molecule has 3 nitrogen and oxygen atoms in total. The van der Waals surface area contributed by atoms with E-state index in [4.69, 9.17) is 4.74 Å². The lowest BCUT2D eigenvalue weighted by atomic mass is 10.2. The van der Waals surface area contributed by atoms with Crippen molar-refractivity contribution in [3.63, 3.8) is 0 Å². The Hall–Kier alpha value is -0.450. The van der Waals surface area contributed by atoms with Crippen molar-refractivity contribution in [3.05, 3.63) is 15.6 Å². The van der Waals surface area contributed by atoms with Gasteiger partial charge in [0.25, 0.3) is 0 Å². The van der Waals surface area contributed by atoms with E-state index in [1.54, 1.807) is 11.3 Å². The van der Waals surface area contributed by atoms with Crippen LogP contribution in [0, 0.1) is 13.8 Å². The number of rotatable bonds is 4. The monoisotopic (exact) mass is 226 g/mol. The van der Waals surface area contributed by atoms with E-state index in [-0.39, 0.29) is 0 Å². The number of aromatic nitrogens is 1. The molecule has 1 N–H and O–H groups in total. The maximum Gasteiger partial charge on any atom is 0.0900 e. The fourth-order valence-corrected chi connectivity index (χ4v) is 2.78. The number of nitrogens with one attached hydrogen (secondary N) is 1. The van der Waals surface area contributed by atoms with Crippen LogP contribution in [0.3, 0.4) is 0 Å². The molecule has 1 aliphatic heterocycles. The van der Waals surface area contributed by atoms with Crippen molar-refractivity contribution in [2.75, 3.05) is 13.2 Å². The molecule has 0 unspecified atom stereocenters. The molecule has 0 aromatic carbocycles. The third-order valence-electron chi connectivity index (χ3n) is 2.71. The van der Waals surface area contributed by atoms with Crippen molar-refractivity contribution in [3.8, 4) is 0 Å². The first kappa shape index (κ1) is 11.0. The average molecular weight is 226 g/mol. The largest absolute Gasteiger partial charge is 0.374 e. The molecule has 2 heterocycles. The van der Waals surface area contributed by atoms with Gasteiger partial charge in [0.1, 0.15) is 0 Å². The number of ether oxygens (including phenoxy) is 1. The highest BCUT2D eigenvalue weighted by Crippen LogP contribution is 2.18. The Morgan fingerprint density at radius 1 is 1.53 bits per heavy atom. The molecule has 1 saturated heterocycles. The van der Waals surface area contributed by atoms with Gasteiger partial charge in [-0.3, -0.25) is 0 Å². The summed E-state index contributed by atoms with van der Waals surface area (Å²) < 4.78 is 5.71. The second-order valence-electron chi connectivity index (χ2n) is 4.05. The minimum atomic E-state index is 0.569. The van der Waals surface area contributed by atoms with Gasteiger partial charge in [0.15, 0.2) is 0 Å². The SMILES string of the molecule is Cc1nc(C)c(COC[C@H]2CCCN2)s1. The summed E-state index contributed by atoms with van der Waals surface area (Å²) in [6, 6.07) is 0.569. The fourth-order valence-electron chi connectivity index (χ4n) is 1.90. The molecule has 0 spiro atoms. The van der Waals surface area contributed by atoms with Crippen LogP contribution in [0.5, 0.6) is 0 Å². The molecule has 1 aliphatic rings. The van der Waals surface area contributed by atoms with Crippen LogP contribution in [0.1, 0.15) is 28.4 Å². The zero-order chi connectivity index (χ0) is 10.7. The fraction of sp³-hybridized carbons (Fsp3) is 0.727. The maximum atomic E-state index is 5.71. The van der Waals surface area contributed by atoms with E-state index in [1.807, 2.05) is 6.92 Å². The summed E-state index contributed by atoms with van der Waals surface area (Å²) in [7, 11) is 0. The van der Waals surface area contributed by atoms with E-state index in [9.17, 15) is 0 Å². The molecule has 1 atom stereocenters. The lowest BCUT2D eigenvalue weighted by Gasteiger charge is -2.09. The number of aryl methyl sites for hydroxylation is 2. The van der Waals surface area contributed by atoms with Gasteiger partial charge in [-0.1, -0.05) is 0 Å². The average Bonchev–Trinajstić information content (AvgIpc) is 2.77. The summed E-state index contributed by atoms with van der Waals surface area (Å²) in [6.45, 7) is 6.79. The van der Waals surface area contributed by atoms with Crippen molar-refractivity contribution in [1.82, 2.24) is 10.3 Å². The highest BCUT2D eigenvalue weighted by atomic mass is 32.1. The molecule has 15 heavy (non-hydrogen) atoms. The van der Waals surface area contributed by atoms with Gasteiger partial charge in [-0.15, -0.1) is 11.3 Å². The second kappa shape index (κ2) is 5.05. The molecule has 0 saturated carbocycles. The molecule has 0 radical (unpaired) electrons. The highest BCUT2D eigenvalue weighted by Gasteiger charge is 2.14. The Balaban J connectivity index is 1.75. The number of hydrogen-bond donors (Lipinski definition) is 1. The van der Waals surface area contributed by atoms with Crippen molar-refractivity contribution < 1.29 is 4.74 Å². The molecule has 4 heteroatoms. The summed E-state index contributed by atoms with van der Waals surface area (Å²) in [5, 5.41) is 4.56. The standard InChI is InChI=1S/C11H18N2OS/c1-8-11(15-9(2)13-8)7-14-6-10-4-3-5-12-10/h10,12H,3-7H2,1-2H3/t10-/m1/s1. The normalized spacial score (nSPS) is 21.1. The van der Waals surface area contributed by atoms with Crippen LogP contribution in [-0.2, 0) is 11.3 Å². The molecule has 1 fully saturated rings. The quantitative estimate of drug-likeness (QED) is 0.853. The van der Waals surface area contributed by atoms with Gasteiger partial charge in [-0.25, -0.2) is 4.98 Å².